The Morgan fingerprint density at radius 1 is 1.23 bits per heavy atom. The van der Waals surface area contributed by atoms with Gasteiger partial charge in [0, 0.05) is 11.1 Å². The number of carbonyl (C=O) groups is 1. The number of rotatable bonds is 3. The monoisotopic (exact) mass is 313 g/mol. The standard InChI is InChI=1S/C15H15N5OS/c1-9-10(2)20(11(3)18-9)15-16-6-13(7-17-15)19-14(21)12-4-5-22-8-12/h4-8H,1-3H3,(H,19,21). The zero-order valence-corrected chi connectivity index (χ0v) is 13.3. The van der Waals surface area contributed by atoms with Gasteiger partial charge >= 0.3 is 0 Å². The number of amides is 1. The molecule has 0 aromatic carbocycles. The van der Waals surface area contributed by atoms with Crippen molar-refractivity contribution in [2.24, 2.45) is 0 Å². The second-order valence-electron chi connectivity index (χ2n) is 4.90. The maximum atomic E-state index is 12.0. The fourth-order valence-corrected chi connectivity index (χ4v) is 2.81. The van der Waals surface area contributed by atoms with Crippen LogP contribution in [0.4, 0.5) is 5.69 Å². The summed E-state index contributed by atoms with van der Waals surface area (Å²) in [5.74, 6) is 1.22. The molecule has 0 aliphatic rings. The summed E-state index contributed by atoms with van der Waals surface area (Å²) in [5, 5.41) is 6.43. The molecule has 6 nitrogen and oxygen atoms in total. The predicted octanol–water partition coefficient (Wildman–Crippen LogP) is 2.90. The number of aromatic nitrogens is 4. The minimum Gasteiger partial charge on any atom is -0.319 e. The van der Waals surface area contributed by atoms with E-state index in [0.29, 0.717) is 17.2 Å². The van der Waals surface area contributed by atoms with Gasteiger partial charge in [0.05, 0.1) is 29.3 Å². The third-order valence-corrected chi connectivity index (χ3v) is 4.07. The molecule has 0 saturated carbocycles. The molecule has 3 rings (SSSR count). The zero-order valence-electron chi connectivity index (χ0n) is 12.5. The van der Waals surface area contributed by atoms with Crippen LogP contribution in [0.25, 0.3) is 5.95 Å². The van der Waals surface area contributed by atoms with Gasteiger partial charge in [-0.1, -0.05) is 0 Å². The maximum absolute atomic E-state index is 12.0. The quantitative estimate of drug-likeness (QED) is 0.807. The molecule has 0 radical (unpaired) electrons. The smallest absolute Gasteiger partial charge is 0.256 e. The highest BCUT2D eigenvalue weighted by molar-refractivity contribution is 7.08. The lowest BCUT2D eigenvalue weighted by Crippen LogP contribution is -2.12. The van der Waals surface area contributed by atoms with Crippen molar-refractivity contribution in [2.45, 2.75) is 20.8 Å². The lowest BCUT2D eigenvalue weighted by molar-refractivity contribution is 0.102. The third kappa shape index (κ3) is 2.62. The van der Waals surface area contributed by atoms with Gasteiger partial charge in [-0.05, 0) is 32.2 Å². The molecule has 112 valence electrons. The molecular weight excluding hydrogens is 298 g/mol. The molecule has 0 bridgehead atoms. The van der Waals surface area contributed by atoms with Crippen LogP contribution in [-0.4, -0.2) is 25.4 Å². The average molecular weight is 313 g/mol. The van der Waals surface area contributed by atoms with Crippen LogP contribution < -0.4 is 5.32 Å². The van der Waals surface area contributed by atoms with E-state index in [9.17, 15) is 4.79 Å². The van der Waals surface area contributed by atoms with Crippen LogP contribution in [0.5, 0.6) is 0 Å². The van der Waals surface area contributed by atoms with Crippen molar-refractivity contribution in [2.75, 3.05) is 5.32 Å². The van der Waals surface area contributed by atoms with Crippen LogP contribution in [0.2, 0.25) is 0 Å². The van der Waals surface area contributed by atoms with Crippen molar-refractivity contribution in [3.8, 4) is 5.95 Å². The van der Waals surface area contributed by atoms with Gasteiger partial charge in [0.2, 0.25) is 5.95 Å². The topological polar surface area (TPSA) is 72.7 Å². The molecule has 1 N–H and O–H groups in total. The Balaban J connectivity index is 1.82. The number of hydrogen-bond donors (Lipinski definition) is 1. The lowest BCUT2D eigenvalue weighted by Gasteiger charge is -2.07. The van der Waals surface area contributed by atoms with Crippen molar-refractivity contribution in [1.82, 2.24) is 19.5 Å². The molecule has 3 aromatic heterocycles. The molecule has 0 atom stereocenters. The average Bonchev–Trinajstić information content (AvgIpc) is 3.10. The molecule has 0 aliphatic heterocycles. The van der Waals surface area contributed by atoms with E-state index in [4.69, 9.17) is 0 Å². The number of nitrogens with zero attached hydrogens (tertiary/aromatic N) is 4. The first kappa shape index (κ1) is 14.4. The second-order valence-corrected chi connectivity index (χ2v) is 5.68. The predicted molar refractivity (Wildman–Crippen MR) is 85.6 cm³/mol. The summed E-state index contributed by atoms with van der Waals surface area (Å²) in [4.78, 5) is 25.0. The first-order valence-electron chi connectivity index (χ1n) is 6.75. The van der Waals surface area contributed by atoms with Crippen LogP contribution >= 0.6 is 11.3 Å². The van der Waals surface area contributed by atoms with Gasteiger partial charge in [0.15, 0.2) is 0 Å². The van der Waals surface area contributed by atoms with Crippen LogP contribution in [0.1, 0.15) is 27.6 Å². The number of carbonyl (C=O) groups excluding carboxylic acids is 1. The summed E-state index contributed by atoms with van der Waals surface area (Å²) in [7, 11) is 0. The van der Waals surface area contributed by atoms with Gasteiger partial charge in [0.1, 0.15) is 5.82 Å². The molecule has 3 heterocycles. The number of anilines is 1. The van der Waals surface area contributed by atoms with Crippen LogP contribution in [0.3, 0.4) is 0 Å². The van der Waals surface area contributed by atoms with Gasteiger partial charge in [-0.3, -0.25) is 9.36 Å². The van der Waals surface area contributed by atoms with Crippen molar-refractivity contribution in [3.05, 3.63) is 52.0 Å². The summed E-state index contributed by atoms with van der Waals surface area (Å²) in [6, 6.07) is 1.77. The number of thiophene rings is 1. The molecule has 3 aromatic rings. The fourth-order valence-electron chi connectivity index (χ4n) is 2.17. The SMILES string of the molecule is Cc1nc(C)n(-c2ncc(NC(=O)c3ccsc3)cn2)c1C. The Morgan fingerprint density at radius 3 is 2.50 bits per heavy atom. The summed E-state index contributed by atoms with van der Waals surface area (Å²) in [6.45, 7) is 5.84. The molecule has 0 spiro atoms. The van der Waals surface area contributed by atoms with Crippen molar-refractivity contribution in [1.29, 1.82) is 0 Å². The molecule has 0 aliphatic carbocycles. The molecule has 22 heavy (non-hydrogen) atoms. The highest BCUT2D eigenvalue weighted by Crippen LogP contribution is 2.15. The molecule has 1 amide bonds. The van der Waals surface area contributed by atoms with E-state index in [1.165, 1.54) is 11.3 Å². The van der Waals surface area contributed by atoms with Gasteiger partial charge in [-0.2, -0.15) is 11.3 Å². The van der Waals surface area contributed by atoms with Crippen LogP contribution in [0.15, 0.2) is 29.2 Å². The van der Waals surface area contributed by atoms with Crippen molar-refractivity contribution < 1.29 is 4.79 Å². The number of aryl methyl sites for hydroxylation is 2. The Kier molecular flexibility index (Phi) is 3.72. The van der Waals surface area contributed by atoms with Gasteiger partial charge in [-0.15, -0.1) is 0 Å². The highest BCUT2D eigenvalue weighted by atomic mass is 32.1. The number of hydrogen-bond acceptors (Lipinski definition) is 5. The lowest BCUT2D eigenvalue weighted by atomic mass is 10.3. The van der Waals surface area contributed by atoms with Crippen LogP contribution in [-0.2, 0) is 0 Å². The Bertz CT molecular complexity index is 805. The van der Waals surface area contributed by atoms with Crippen LogP contribution in [0, 0.1) is 20.8 Å². The van der Waals surface area contributed by atoms with E-state index < -0.39 is 0 Å². The minimum absolute atomic E-state index is 0.163. The third-order valence-electron chi connectivity index (χ3n) is 3.39. The maximum Gasteiger partial charge on any atom is 0.256 e. The summed E-state index contributed by atoms with van der Waals surface area (Å²) in [5.41, 5.74) is 3.15. The fraction of sp³-hybridized carbons (Fsp3) is 0.200. The van der Waals surface area contributed by atoms with Gasteiger partial charge in [0.25, 0.3) is 5.91 Å². The Morgan fingerprint density at radius 2 is 1.95 bits per heavy atom. The molecule has 0 fully saturated rings. The van der Waals surface area contributed by atoms with Gasteiger partial charge < -0.3 is 5.32 Å². The van der Waals surface area contributed by atoms with E-state index in [2.05, 4.69) is 20.3 Å². The van der Waals surface area contributed by atoms with Crippen molar-refractivity contribution in [3.63, 3.8) is 0 Å². The van der Waals surface area contributed by atoms with E-state index in [-0.39, 0.29) is 5.91 Å². The number of nitrogens with one attached hydrogen (secondary N) is 1. The number of imidazole rings is 1. The zero-order chi connectivity index (χ0) is 15.7. The van der Waals surface area contributed by atoms with Gasteiger partial charge in [-0.25, -0.2) is 15.0 Å². The molecule has 7 heteroatoms. The Hall–Kier alpha value is -2.54. The highest BCUT2D eigenvalue weighted by Gasteiger charge is 2.12. The van der Waals surface area contributed by atoms with E-state index in [0.717, 1.165) is 17.2 Å². The van der Waals surface area contributed by atoms with E-state index in [1.807, 2.05) is 30.7 Å². The summed E-state index contributed by atoms with van der Waals surface area (Å²) in [6.07, 6.45) is 3.20. The first-order valence-corrected chi connectivity index (χ1v) is 7.69. The minimum atomic E-state index is -0.163. The Labute approximate surface area is 131 Å². The molecule has 0 unspecified atom stereocenters. The first-order chi connectivity index (χ1) is 10.6. The largest absolute Gasteiger partial charge is 0.319 e. The summed E-state index contributed by atoms with van der Waals surface area (Å²) < 4.78 is 1.89. The molecular formula is C15H15N5OS. The van der Waals surface area contributed by atoms with E-state index in [1.54, 1.807) is 23.8 Å². The normalized spacial score (nSPS) is 10.7. The summed E-state index contributed by atoms with van der Waals surface area (Å²) >= 11 is 1.48. The molecule has 0 saturated heterocycles. The second kappa shape index (κ2) is 5.69. The van der Waals surface area contributed by atoms with E-state index >= 15 is 0 Å². The van der Waals surface area contributed by atoms with Crippen molar-refractivity contribution >= 4 is 22.9 Å².